The molecule has 0 radical (unpaired) electrons. The zero-order valence-corrected chi connectivity index (χ0v) is 14.9. The molecule has 2 aromatic rings. The van der Waals surface area contributed by atoms with E-state index in [1.54, 1.807) is 29.1 Å². The standard InChI is InChI=1S/C19H21FN4O2/c1-22-10-8-21-18(22)17-14(4-6-16(25)23(17)2)19(26)24-9-7-12-11-13(20)3-5-15(12)24/h3,5,8,10-11,14,17H,4,6-7,9H2,1-2H3/t14-,17-/m0/s1. The Morgan fingerprint density at radius 2 is 2.08 bits per heavy atom. The Kier molecular flexibility index (Phi) is 4.01. The molecule has 0 unspecified atom stereocenters. The van der Waals surface area contributed by atoms with E-state index in [9.17, 15) is 14.0 Å². The third kappa shape index (κ3) is 2.58. The third-order valence-corrected chi connectivity index (χ3v) is 5.50. The van der Waals surface area contributed by atoms with Crippen molar-refractivity contribution < 1.29 is 14.0 Å². The Hall–Kier alpha value is -2.70. The monoisotopic (exact) mass is 356 g/mol. The van der Waals surface area contributed by atoms with Gasteiger partial charge in [-0.1, -0.05) is 0 Å². The maximum atomic E-state index is 13.5. The van der Waals surface area contributed by atoms with Crippen LogP contribution in [0.2, 0.25) is 0 Å². The minimum Gasteiger partial charge on any atom is -0.336 e. The molecule has 0 N–H and O–H groups in total. The molecule has 0 aliphatic carbocycles. The van der Waals surface area contributed by atoms with Crippen LogP contribution >= 0.6 is 0 Å². The van der Waals surface area contributed by atoms with Crippen LogP contribution in [0.3, 0.4) is 0 Å². The summed E-state index contributed by atoms with van der Waals surface area (Å²) in [6, 6.07) is 4.16. The summed E-state index contributed by atoms with van der Waals surface area (Å²) < 4.78 is 15.3. The number of aryl methyl sites for hydroxylation is 1. The van der Waals surface area contributed by atoms with Crippen LogP contribution in [0.5, 0.6) is 0 Å². The molecule has 2 aliphatic heterocycles. The maximum Gasteiger partial charge on any atom is 0.232 e. The van der Waals surface area contributed by atoms with Crippen molar-refractivity contribution in [3.63, 3.8) is 0 Å². The van der Waals surface area contributed by atoms with E-state index in [2.05, 4.69) is 4.98 Å². The van der Waals surface area contributed by atoms with Gasteiger partial charge in [0.1, 0.15) is 17.7 Å². The summed E-state index contributed by atoms with van der Waals surface area (Å²) in [4.78, 5) is 33.4. The number of halogens is 1. The van der Waals surface area contributed by atoms with Crippen molar-refractivity contribution in [2.24, 2.45) is 13.0 Å². The molecule has 2 aliphatic rings. The minimum atomic E-state index is -0.395. The molecule has 1 fully saturated rings. The van der Waals surface area contributed by atoms with Crippen LogP contribution in [0, 0.1) is 11.7 Å². The fourth-order valence-electron chi connectivity index (χ4n) is 4.11. The van der Waals surface area contributed by atoms with E-state index in [1.807, 2.05) is 17.8 Å². The van der Waals surface area contributed by atoms with Gasteiger partial charge in [0.25, 0.3) is 0 Å². The summed E-state index contributed by atoms with van der Waals surface area (Å²) in [7, 11) is 3.60. The second-order valence-electron chi connectivity index (χ2n) is 7.00. The van der Waals surface area contributed by atoms with E-state index in [1.165, 1.54) is 12.1 Å². The second kappa shape index (κ2) is 6.23. The molecule has 7 heteroatoms. The topological polar surface area (TPSA) is 58.4 Å². The van der Waals surface area contributed by atoms with Crippen molar-refractivity contribution in [2.45, 2.75) is 25.3 Å². The van der Waals surface area contributed by atoms with Gasteiger partial charge in [0.05, 0.1) is 5.92 Å². The highest BCUT2D eigenvalue weighted by Gasteiger charge is 2.43. The fourth-order valence-corrected chi connectivity index (χ4v) is 4.11. The first kappa shape index (κ1) is 16.8. The average Bonchev–Trinajstić information content (AvgIpc) is 3.22. The Balaban J connectivity index is 1.69. The summed E-state index contributed by atoms with van der Waals surface area (Å²) in [5.74, 6) is 0.0489. The third-order valence-electron chi connectivity index (χ3n) is 5.50. The van der Waals surface area contributed by atoms with Crippen LogP contribution in [-0.4, -0.2) is 39.9 Å². The van der Waals surface area contributed by atoms with E-state index in [0.29, 0.717) is 31.6 Å². The number of carbonyl (C=O) groups excluding carboxylic acids is 2. The lowest BCUT2D eigenvalue weighted by Crippen LogP contribution is -2.48. The first-order valence-electron chi connectivity index (χ1n) is 8.80. The molecule has 26 heavy (non-hydrogen) atoms. The lowest BCUT2D eigenvalue weighted by atomic mass is 9.87. The Labute approximate surface area is 151 Å². The Bertz CT molecular complexity index is 878. The molecule has 2 atom stereocenters. The van der Waals surface area contributed by atoms with Gasteiger partial charge in [-0.05, 0) is 36.6 Å². The number of piperidine rings is 1. The van der Waals surface area contributed by atoms with Gasteiger partial charge in [-0.15, -0.1) is 0 Å². The average molecular weight is 356 g/mol. The maximum absolute atomic E-state index is 13.5. The molecule has 3 heterocycles. The highest BCUT2D eigenvalue weighted by atomic mass is 19.1. The Morgan fingerprint density at radius 3 is 2.81 bits per heavy atom. The van der Waals surface area contributed by atoms with Crippen molar-refractivity contribution in [2.75, 3.05) is 18.5 Å². The number of aromatic nitrogens is 2. The predicted molar refractivity (Wildman–Crippen MR) is 93.9 cm³/mol. The van der Waals surface area contributed by atoms with Gasteiger partial charge in [-0.25, -0.2) is 9.37 Å². The van der Waals surface area contributed by atoms with Crippen LogP contribution in [0.4, 0.5) is 10.1 Å². The SMILES string of the molecule is CN1C(=O)CC[C@H](C(=O)N2CCc3cc(F)ccc32)[C@H]1c1nccn1C. The summed E-state index contributed by atoms with van der Waals surface area (Å²) in [5.41, 5.74) is 1.63. The summed E-state index contributed by atoms with van der Waals surface area (Å²) in [5, 5.41) is 0. The van der Waals surface area contributed by atoms with Crippen molar-refractivity contribution >= 4 is 17.5 Å². The number of hydrogen-bond acceptors (Lipinski definition) is 3. The predicted octanol–water partition coefficient (Wildman–Crippen LogP) is 2.06. The fraction of sp³-hybridized carbons (Fsp3) is 0.421. The quantitative estimate of drug-likeness (QED) is 0.828. The number of amides is 2. The van der Waals surface area contributed by atoms with Gasteiger partial charge in [-0.3, -0.25) is 9.59 Å². The number of nitrogens with zero attached hydrogens (tertiary/aromatic N) is 4. The molecule has 2 amide bonds. The van der Waals surface area contributed by atoms with Crippen LogP contribution in [0.1, 0.15) is 30.3 Å². The number of rotatable bonds is 2. The van der Waals surface area contributed by atoms with Gasteiger partial charge in [0.2, 0.25) is 11.8 Å². The van der Waals surface area contributed by atoms with Crippen molar-refractivity contribution in [3.05, 3.63) is 47.8 Å². The summed E-state index contributed by atoms with van der Waals surface area (Å²) >= 11 is 0. The van der Waals surface area contributed by atoms with Gasteiger partial charge < -0.3 is 14.4 Å². The lowest BCUT2D eigenvalue weighted by molar-refractivity contribution is -0.141. The molecule has 6 nitrogen and oxygen atoms in total. The molecule has 0 spiro atoms. The minimum absolute atomic E-state index is 0.0194. The molecule has 0 bridgehead atoms. The smallest absolute Gasteiger partial charge is 0.232 e. The number of hydrogen-bond donors (Lipinski definition) is 0. The first-order chi connectivity index (χ1) is 12.5. The van der Waals surface area contributed by atoms with Gasteiger partial charge in [-0.2, -0.15) is 0 Å². The van der Waals surface area contributed by atoms with E-state index in [0.717, 1.165) is 11.3 Å². The molecule has 136 valence electrons. The van der Waals surface area contributed by atoms with Crippen LogP contribution < -0.4 is 4.90 Å². The molecular formula is C19H21FN4O2. The zero-order valence-electron chi connectivity index (χ0n) is 14.9. The first-order valence-corrected chi connectivity index (χ1v) is 8.80. The van der Waals surface area contributed by atoms with Crippen molar-refractivity contribution in [3.8, 4) is 0 Å². The van der Waals surface area contributed by atoms with Crippen molar-refractivity contribution in [1.82, 2.24) is 14.5 Å². The molecule has 0 saturated carbocycles. The zero-order chi connectivity index (χ0) is 18.4. The summed E-state index contributed by atoms with van der Waals surface area (Å²) in [6.07, 6.45) is 4.98. The molecule has 4 rings (SSSR count). The van der Waals surface area contributed by atoms with Gasteiger partial charge >= 0.3 is 0 Å². The Morgan fingerprint density at radius 1 is 1.27 bits per heavy atom. The van der Waals surface area contributed by atoms with Gasteiger partial charge in [0, 0.05) is 45.1 Å². The number of anilines is 1. The highest BCUT2D eigenvalue weighted by molar-refractivity contribution is 5.98. The number of imidazole rings is 1. The molecular weight excluding hydrogens is 335 g/mol. The van der Waals surface area contributed by atoms with E-state index < -0.39 is 6.04 Å². The molecule has 1 aromatic carbocycles. The van der Waals surface area contributed by atoms with Crippen LogP contribution in [0.15, 0.2) is 30.6 Å². The number of likely N-dealkylation sites (tertiary alicyclic amines) is 1. The normalized spacial score (nSPS) is 22.7. The summed E-state index contributed by atoms with van der Waals surface area (Å²) in [6.45, 7) is 0.541. The number of benzene rings is 1. The number of fused-ring (bicyclic) bond motifs is 1. The largest absolute Gasteiger partial charge is 0.336 e. The second-order valence-corrected chi connectivity index (χ2v) is 7.00. The molecule has 1 saturated heterocycles. The van der Waals surface area contributed by atoms with Gasteiger partial charge in [0.15, 0.2) is 0 Å². The van der Waals surface area contributed by atoms with E-state index in [-0.39, 0.29) is 23.5 Å². The van der Waals surface area contributed by atoms with Crippen molar-refractivity contribution in [1.29, 1.82) is 0 Å². The lowest BCUT2D eigenvalue weighted by Gasteiger charge is -2.39. The van der Waals surface area contributed by atoms with Crippen LogP contribution in [-0.2, 0) is 23.1 Å². The van der Waals surface area contributed by atoms with E-state index in [4.69, 9.17) is 0 Å². The van der Waals surface area contributed by atoms with E-state index >= 15 is 0 Å². The molecule has 1 aromatic heterocycles. The highest BCUT2D eigenvalue weighted by Crippen LogP contribution is 2.38. The van der Waals surface area contributed by atoms with Crippen LogP contribution in [0.25, 0.3) is 0 Å². The number of carbonyl (C=O) groups is 2.